The number of nitrogen functional groups attached to an aromatic ring is 1. The molecule has 2 aromatic rings. The van der Waals surface area contributed by atoms with Gasteiger partial charge in [-0.3, -0.25) is 0 Å². The zero-order chi connectivity index (χ0) is 15.2. The summed E-state index contributed by atoms with van der Waals surface area (Å²) < 4.78 is 4.82. The number of pyridine rings is 1. The predicted molar refractivity (Wildman–Crippen MR) is 83.2 cm³/mol. The van der Waals surface area contributed by atoms with Gasteiger partial charge in [0.15, 0.2) is 0 Å². The highest BCUT2D eigenvalue weighted by Gasteiger charge is 2.18. The number of benzene rings is 1. The first-order valence-electron chi connectivity index (χ1n) is 6.79. The molecule has 0 unspecified atom stereocenters. The molecule has 0 bridgehead atoms. The highest BCUT2D eigenvalue weighted by Crippen LogP contribution is 2.22. The van der Waals surface area contributed by atoms with Crippen molar-refractivity contribution in [2.45, 2.75) is 13.5 Å². The van der Waals surface area contributed by atoms with Gasteiger partial charge in [-0.05, 0) is 30.7 Å². The molecule has 2 N–H and O–H groups in total. The van der Waals surface area contributed by atoms with E-state index in [0.717, 1.165) is 11.3 Å². The maximum absolute atomic E-state index is 11.9. The minimum absolute atomic E-state index is 0.391. The molecule has 5 heteroatoms. The molecule has 0 spiro atoms. The summed E-state index contributed by atoms with van der Waals surface area (Å²) in [5.41, 5.74) is 8.17. The molecule has 1 aromatic heterocycles. The molecule has 0 aliphatic carbocycles. The highest BCUT2D eigenvalue weighted by atomic mass is 16.5. The number of methoxy groups -OCH3 is 1. The minimum Gasteiger partial charge on any atom is -0.465 e. The van der Waals surface area contributed by atoms with E-state index < -0.39 is 5.97 Å². The number of ether oxygens (including phenoxy) is 1. The highest BCUT2D eigenvalue weighted by molar-refractivity contribution is 5.94. The lowest BCUT2D eigenvalue weighted by Gasteiger charge is -2.24. The molecule has 0 aliphatic rings. The van der Waals surface area contributed by atoms with Gasteiger partial charge >= 0.3 is 5.97 Å². The van der Waals surface area contributed by atoms with Gasteiger partial charge in [0.2, 0.25) is 0 Å². The predicted octanol–water partition coefficient (Wildman–Crippen LogP) is 2.48. The van der Waals surface area contributed by atoms with E-state index in [-0.39, 0.29) is 0 Å². The Labute approximate surface area is 124 Å². The summed E-state index contributed by atoms with van der Waals surface area (Å²) in [6.45, 7) is 3.30. The van der Waals surface area contributed by atoms with E-state index in [1.807, 2.05) is 36.1 Å². The first-order valence-corrected chi connectivity index (χ1v) is 6.79. The lowest BCUT2D eigenvalue weighted by atomic mass is 10.1. The number of nitrogens with two attached hydrogens (primary N) is 1. The van der Waals surface area contributed by atoms with E-state index in [2.05, 4.69) is 4.98 Å². The molecule has 5 nitrogen and oxygen atoms in total. The van der Waals surface area contributed by atoms with Gasteiger partial charge in [0.05, 0.1) is 7.11 Å². The number of hydrogen-bond donors (Lipinski definition) is 1. The van der Waals surface area contributed by atoms with Crippen molar-refractivity contribution in [3.63, 3.8) is 0 Å². The number of nitrogens with zero attached hydrogens (tertiary/aromatic N) is 2. The Balaban J connectivity index is 2.34. The van der Waals surface area contributed by atoms with Crippen LogP contribution in [0.4, 0.5) is 11.5 Å². The average Bonchev–Trinajstić information content (AvgIpc) is 2.53. The third-order valence-corrected chi connectivity index (χ3v) is 3.29. The van der Waals surface area contributed by atoms with Crippen LogP contribution in [0.3, 0.4) is 0 Å². The van der Waals surface area contributed by atoms with Crippen molar-refractivity contribution in [2.75, 3.05) is 24.3 Å². The molecule has 110 valence electrons. The van der Waals surface area contributed by atoms with E-state index in [1.165, 1.54) is 7.11 Å². The van der Waals surface area contributed by atoms with Gasteiger partial charge in [-0.15, -0.1) is 0 Å². The van der Waals surface area contributed by atoms with Crippen LogP contribution < -0.4 is 10.6 Å². The van der Waals surface area contributed by atoms with Crippen LogP contribution in [0.25, 0.3) is 0 Å². The average molecular weight is 285 g/mol. The summed E-state index contributed by atoms with van der Waals surface area (Å²) in [5, 5.41) is 0. The number of esters is 1. The van der Waals surface area contributed by atoms with E-state index in [1.54, 1.807) is 18.3 Å². The van der Waals surface area contributed by atoms with Crippen LogP contribution in [0.5, 0.6) is 0 Å². The van der Waals surface area contributed by atoms with E-state index >= 15 is 0 Å². The molecule has 0 saturated heterocycles. The number of hydrogen-bond acceptors (Lipinski definition) is 5. The van der Waals surface area contributed by atoms with Gasteiger partial charge in [-0.25, -0.2) is 9.78 Å². The number of carbonyl (C=O) groups excluding carboxylic acids is 1. The first-order chi connectivity index (χ1) is 10.2. The smallest absolute Gasteiger partial charge is 0.341 e. The van der Waals surface area contributed by atoms with E-state index in [4.69, 9.17) is 10.5 Å². The fourth-order valence-corrected chi connectivity index (χ4v) is 2.14. The fourth-order valence-electron chi connectivity index (χ4n) is 2.14. The van der Waals surface area contributed by atoms with Gasteiger partial charge in [-0.2, -0.15) is 0 Å². The van der Waals surface area contributed by atoms with Crippen molar-refractivity contribution in [1.29, 1.82) is 0 Å². The molecule has 21 heavy (non-hydrogen) atoms. The lowest BCUT2D eigenvalue weighted by Crippen LogP contribution is -2.26. The summed E-state index contributed by atoms with van der Waals surface area (Å²) in [6, 6.07) is 11.1. The van der Waals surface area contributed by atoms with E-state index in [9.17, 15) is 4.79 Å². The summed E-state index contributed by atoms with van der Waals surface area (Å²) in [6.07, 6.45) is 1.67. The second kappa shape index (κ2) is 6.74. The Bertz CT molecular complexity index is 628. The number of rotatable bonds is 5. The summed E-state index contributed by atoms with van der Waals surface area (Å²) in [7, 11) is 1.37. The largest absolute Gasteiger partial charge is 0.465 e. The summed E-state index contributed by atoms with van der Waals surface area (Å²) in [5.74, 6) is 0.215. The maximum atomic E-state index is 11.9. The normalized spacial score (nSPS) is 10.2. The zero-order valence-corrected chi connectivity index (χ0v) is 12.2. The topological polar surface area (TPSA) is 68.5 Å². The van der Waals surface area contributed by atoms with Crippen molar-refractivity contribution in [3.05, 3.63) is 53.7 Å². The molecule has 1 aromatic carbocycles. The SMILES string of the molecule is CCN(Cc1ccccc1N)c1ncccc1C(=O)OC. The third kappa shape index (κ3) is 3.31. The second-order valence-corrected chi connectivity index (χ2v) is 4.58. The van der Waals surface area contributed by atoms with E-state index in [0.29, 0.717) is 24.5 Å². The van der Waals surface area contributed by atoms with Gasteiger partial charge in [0, 0.05) is 25.0 Å². The molecule has 0 saturated carbocycles. The molecule has 0 fully saturated rings. The molecular weight excluding hydrogens is 266 g/mol. The fraction of sp³-hybridized carbons (Fsp3) is 0.250. The van der Waals surface area contributed by atoms with Crippen LogP contribution in [0.1, 0.15) is 22.8 Å². The number of para-hydroxylation sites is 1. The van der Waals surface area contributed by atoms with Crippen LogP contribution in [-0.4, -0.2) is 24.6 Å². The van der Waals surface area contributed by atoms with Crippen LogP contribution in [0.15, 0.2) is 42.6 Å². The Hall–Kier alpha value is -2.56. The summed E-state index contributed by atoms with van der Waals surface area (Å²) >= 11 is 0. The minimum atomic E-state index is -0.391. The Morgan fingerprint density at radius 1 is 1.29 bits per heavy atom. The molecule has 2 rings (SSSR count). The van der Waals surface area contributed by atoms with Gasteiger partial charge in [0.1, 0.15) is 11.4 Å². The number of aromatic nitrogens is 1. The van der Waals surface area contributed by atoms with Crippen molar-refractivity contribution in [2.24, 2.45) is 0 Å². The van der Waals surface area contributed by atoms with Crippen LogP contribution >= 0.6 is 0 Å². The second-order valence-electron chi connectivity index (χ2n) is 4.58. The van der Waals surface area contributed by atoms with Crippen molar-refractivity contribution >= 4 is 17.5 Å². The van der Waals surface area contributed by atoms with Gasteiger partial charge in [0.25, 0.3) is 0 Å². The molecule has 1 heterocycles. The standard InChI is InChI=1S/C16H19N3O2/c1-3-19(11-12-7-4-5-9-14(12)17)15-13(16(20)21-2)8-6-10-18-15/h4-10H,3,11,17H2,1-2H3. The first kappa shape index (κ1) is 14.8. The lowest BCUT2D eigenvalue weighted by molar-refractivity contribution is 0.0601. The van der Waals surface area contributed by atoms with Gasteiger partial charge in [-0.1, -0.05) is 18.2 Å². The molecule has 0 amide bonds. The van der Waals surface area contributed by atoms with Crippen molar-refractivity contribution < 1.29 is 9.53 Å². The Morgan fingerprint density at radius 3 is 2.71 bits per heavy atom. The Morgan fingerprint density at radius 2 is 2.05 bits per heavy atom. The molecule has 0 aliphatic heterocycles. The Kier molecular flexibility index (Phi) is 4.77. The number of carbonyl (C=O) groups is 1. The monoisotopic (exact) mass is 285 g/mol. The third-order valence-electron chi connectivity index (χ3n) is 3.29. The van der Waals surface area contributed by atoms with Crippen LogP contribution in [0.2, 0.25) is 0 Å². The van der Waals surface area contributed by atoms with Crippen LogP contribution in [0, 0.1) is 0 Å². The number of anilines is 2. The van der Waals surface area contributed by atoms with Crippen molar-refractivity contribution in [3.8, 4) is 0 Å². The van der Waals surface area contributed by atoms with Crippen molar-refractivity contribution in [1.82, 2.24) is 4.98 Å². The molecule has 0 atom stereocenters. The summed E-state index contributed by atoms with van der Waals surface area (Å²) in [4.78, 5) is 18.2. The molecular formula is C16H19N3O2. The molecule has 0 radical (unpaired) electrons. The quantitative estimate of drug-likeness (QED) is 0.675. The maximum Gasteiger partial charge on any atom is 0.341 e. The zero-order valence-electron chi connectivity index (χ0n) is 12.2. The van der Waals surface area contributed by atoms with Gasteiger partial charge < -0.3 is 15.4 Å². The van der Waals surface area contributed by atoms with Crippen LogP contribution in [-0.2, 0) is 11.3 Å².